The third kappa shape index (κ3) is 3.02. The van der Waals surface area contributed by atoms with E-state index in [4.69, 9.17) is 0 Å². The molecule has 0 spiro atoms. The van der Waals surface area contributed by atoms with Gasteiger partial charge in [0.25, 0.3) is 11.5 Å². The Labute approximate surface area is 160 Å². The molecule has 6 heteroatoms. The predicted molar refractivity (Wildman–Crippen MR) is 111 cm³/mol. The van der Waals surface area contributed by atoms with Gasteiger partial charge < -0.3 is 5.32 Å². The van der Waals surface area contributed by atoms with Gasteiger partial charge in [0, 0.05) is 17.6 Å². The molecule has 2 heterocycles. The largest absolute Gasteiger partial charge is 0.321 e. The molecule has 0 aliphatic heterocycles. The van der Waals surface area contributed by atoms with E-state index in [1.165, 1.54) is 11.3 Å². The van der Waals surface area contributed by atoms with E-state index in [1.54, 1.807) is 10.9 Å². The minimum absolute atomic E-state index is 0.0835. The summed E-state index contributed by atoms with van der Waals surface area (Å²) in [6.45, 7) is 4.45. The molecule has 0 saturated carbocycles. The number of benzene rings is 2. The molecule has 1 amide bonds. The summed E-state index contributed by atoms with van der Waals surface area (Å²) < 4.78 is 1.61. The highest BCUT2D eigenvalue weighted by Crippen LogP contribution is 2.29. The Bertz CT molecular complexity index is 1220. The molecule has 2 aromatic carbocycles. The Morgan fingerprint density at radius 1 is 1.19 bits per heavy atom. The van der Waals surface area contributed by atoms with Crippen LogP contribution in [0.15, 0.2) is 53.6 Å². The summed E-state index contributed by atoms with van der Waals surface area (Å²) in [4.78, 5) is 31.2. The van der Waals surface area contributed by atoms with Gasteiger partial charge in [0.1, 0.15) is 4.83 Å². The number of nitrogens with zero attached hydrogens (tertiary/aromatic N) is 2. The van der Waals surface area contributed by atoms with Crippen molar-refractivity contribution in [2.24, 2.45) is 0 Å². The topological polar surface area (TPSA) is 64.0 Å². The number of thiophene rings is 1. The summed E-state index contributed by atoms with van der Waals surface area (Å²) >= 11 is 1.26. The first-order chi connectivity index (χ1) is 13.1. The molecule has 0 fully saturated rings. The van der Waals surface area contributed by atoms with Crippen molar-refractivity contribution in [2.75, 3.05) is 5.32 Å². The van der Waals surface area contributed by atoms with Crippen molar-refractivity contribution in [3.8, 4) is 0 Å². The van der Waals surface area contributed by atoms with Crippen LogP contribution in [-0.4, -0.2) is 15.5 Å². The summed E-state index contributed by atoms with van der Waals surface area (Å²) in [6.07, 6.45) is 2.42. The molecule has 4 rings (SSSR count). The molecule has 0 aliphatic carbocycles. The average molecular weight is 377 g/mol. The lowest BCUT2D eigenvalue weighted by atomic mass is 10.1. The lowest BCUT2D eigenvalue weighted by molar-refractivity contribution is 0.103. The molecule has 0 bridgehead atoms. The second kappa shape index (κ2) is 6.96. The smallest absolute Gasteiger partial charge is 0.266 e. The zero-order chi connectivity index (χ0) is 19.0. The van der Waals surface area contributed by atoms with Gasteiger partial charge in [0.15, 0.2) is 0 Å². The number of aryl methyl sites for hydroxylation is 2. The Kier molecular flexibility index (Phi) is 4.49. The van der Waals surface area contributed by atoms with Crippen LogP contribution in [0.2, 0.25) is 0 Å². The van der Waals surface area contributed by atoms with E-state index in [2.05, 4.69) is 10.3 Å². The quantitative estimate of drug-likeness (QED) is 0.566. The Morgan fingerprint density at radius 2 is 1.96 bits per heavy atom. The number of rotatable bonds is 4. The molecule has 0 aliphatic rings. The van der Waals surface area contributed by atoms with E-state index in [9.17, 15) is 9.59 Å². The first-order valence-electron chi connectivity index (χ1n) is 8.87. The van der Waals surface area contributed by atoms with Crippen LogP contribution < -0.4 is 10.9 Å². The summed E-state index contributed by atoms with van der Waals surface area (Å²) in [5, 5.41) is 5.58. The van der Waals surface area contributed by atoms with Crippen molar-refractivity contribution in [2.45, 2.75) is 26.8 Å². The molecule has 4 aromatic rings. The van der Waals surface area contributed by atoms with Crippen LogP contribution in [0.3, 0.4) is 0 Å². The highest BCUT2D eigenvalue weighted by atomic mass is 32.1. The fourth-order valence-electron chi connectivity index (χ4n) is 3.29. The van der Waals surface area contributed by atoms with E-state index in [0.717, 1.165) is 22.9 Å². The zero-order valence-electron chi connectivity index (χ0n) is 15.2. The summed E-state index contributed by atoms with van der Waals surface area (Å²) in [6, 6.07) is 13.7. The van der Waals surface area contributed by atoms with Gasteiger partial charge in [-0.25, -0.2) is 4.98 Å². The van der Waals surface area contributed by atoms with Crippen molar-refractivity contribution >= 4 is 43.9 Å². The maximum Gasteiger partial charge on any atom is 0.266 e. The third-order valence-corrected chi connectivity index (χ3v) is 5.82. The minimum Gasteiger partial charge on any atom is -0.321 e. The number of hydrogen-bond acceptors (Lipinski definition) is 4. The third-order valence-electron chi connectivity index (χ3n) is 4.63. The van der Waals surface area contributed by atoms with E-state index in [0.29, 0.717) is 27.2 Å². The molecule has 5 nitrogen and oxygen atoms in total. The van der Waals surface area contributed by atoms with Crippen molar-refractivity contribution in [1.82, 2.24) is 9.55 Å². The molecule has 1 N–H and O–H groups in total. The Balaban J connectivity index is 1.76. The monoisotopic (exact) mass is 377 g/mol. The van der Waals surface area contributed by atoms with Gasteiger partial charge >= 0.3 is 0 Å². The Hall–Kier alpha value is -2.99. The highest BCUT2D eigenvalue weighted by molar-refractivity contribution is 7.20. The summed E-state index contributed by atoms with van der Waals surface area (Å²) in [5.74, 6) is -0.215. The van der Waals surface area contributed by atoms with Crippen LogP contribution in [0, 0.1) is 6.92 Å². The van der Waals surface area contributed by atoms with E-state index in [-0.39, 0.29) is 11.5 Å². The fourth-order valence-corrected chi connectivity index (χ4v) is 4.32. The first kappa shape index (κ1) is 17.4. The molecule has 0 unspecified atom stereocenters. The van der Waals surface area contributed by atoms with E-state index in [1.807, 2.05) is 56.3 Å². The van der Waals surface area contributed by atoms with Crippen LogP contribution in [0.4, 0.5) is 5.69 Å². The number of carbonyl (C=O) groups is 1. The lowest BCUT2D eigenvalue weighted by Crippen LogP contribution is -2.20. The fraction of sp³-hybridized carbons (Fsp3) is 0.190. The van der Waals surface area contributed by atoms with E-state index < -0.39 is 0 Å². The SMILES string of the molecule is CCCn1cnc2sc(C(=O)Nc3cccc4ccccc34)c(C)c2c1=O. The van der Waals surface area contributed by atoms with Crippen molar-refractivity contribution in [3.63, 3.8) is 0 Å². The van der Waals surface area contributed by atoms with Crippen molar-refractivity contribution in [1.29, 1.82) is 0 Å². The normalized spacial score (nSPS) is 11.2. The molecule has 2 aromatic heterocycles. The molecule has 0 radical (unpaired) electrons. The van der Waals surface area contributed by atoms with Crippen LogP contribution in [0.5, 0.6) is 0 Å². The van der Waals surface area contributed by atoms with Crippen LogP contribution in [0.25, 0.3) is 21.0 Å². The molecule has 0 atom stereocenters. The van der Waals surface area contributed by atoms with Gasteiger partial charge in [-0.1, -0.05) is 43.3 Å². The predicted octanol–water partition coefficient (Wildman–Crippen LogP) is 4.58. The number of anilines is 1. The van der Waals surface area contributed by atoms with Crippen LogP contribution >= 0.6 is 11.3 Å². The highest BCUT2D eigenvalue weighted by Gasteiger charge is 2.20. The number of carbonyl (C=O) groups excluding carboxylic acids is 1. The van der Waals surface area contributed by atoms with Gasteiger partial charge in [0.2, 0.25) is 0 Å². The van der Waals surface area contributed by atoms with Gasteiger partial charge in [-0.3, -0.25) is 14.2 Å². The summed E-state index contributed by atoms with van der Waals surface area (Å²) in [5.41, 5.74) is 1.36. The molecule has 27 heavy (non-hydrogen) atoms. The van der Waals surface area contributed by atoms with Crippen molar-refractivity contribution in [3.05, 3.63) is 69.6 Å². The van der Waals surface area contributed by atoms with Crippen molar-refractivity contribution < 1.29 is 4.79 Å². The molecular weight excluding hydrogens is 358 g/mol. The van der Waals surface area contributed by atoms with Gasteiger partial charge in [-0.05, 0) is 30.4 Å². The number of fused-ring (bicyclic) bond motifs is 2. The zero-order valence-corrected chi connectivity index (χ0v) is 16.0. The molecular formula is C21H19N3O2S. The molecule has 136 valence electrons. The number of nitrogens with one attached hydrogen (secondary N) is 1. The average Bonchev–Trinajstić information content (AvgIpc) is 3.02. The van der Waals surface area contributed by atoms with Crippen LogP contribution in [-0.2, 0) is 6.54 Å². The van der Waals surface area contributed by atoms with Gasteiger partial charge in [-0.15, -0.1) is 11.3 Å². The second-order valence-corrected chi connectivity index (χ2v) is 7.46. The second-order valence-electron chi connectivity index (χ2n) is 6.46. The Morgan fingerprint density at radius 3 is 2.78 bits per heavy atom. The van der Waals surface area contributed by atoms with Gasteiger partial charge in [-0.2, -0.15) is 0 Å². The number of hydrogen-bond donors (Lipinski definition) is 1. The van der Waals surface area contributed by atoms with E-state index >= 15 is 0 Å². The number of amides is 1. The summed E-state index contributed by atoms with van der Waals surface area (Å²) in [7, 11) is 0. The van der Waals surface area contributed by atoms with Gasteiger partial charge in [0.05, 0.1) is 16.6 Å². The molecule has 0 saturated heterocycles. The maximum absolute atomic E-state index is 12.9. The lowest BCUT2D eigenvalue weighted by Gasteiger charge is -2.08. The first-order valence-corrected chi connectivity index (χ1v) is 9.69. The minimum atomic E-state index is -0.215. The maximum atomic E-state index is 12.9. The van der Waals surface area contributed by atoms with Crippen LogP contribution in [0.1, 0.15) is 28.6 Å². The number of aromatic nitrogens is 2. The standard InChI is InChI=1S/C21H19N3O2S/c1-3-11-24-12-22-20-17(21(24)26)13(2)18(27-20)19(25)23-16-10-6-8-14-7-4-5-9-15(14)16/h4-10,12H,3,11H2,1-2H3,(H,23,25).